The lowest BCUT2D eigenvalue weighted by Gasteiger charge is -2.03. The molecule has 0 saturated carbocycles. The maximum atomic E-state index is 11.2. The summed E-state index contributed by atoms with van der Waals surface area (Å²) < 4.78 is 5.01. The number of carbonyl (C=O) groups is 1. The Kier molecular flexibility index (Phi) is 6.55. The quantitative estimate of drug-likeness (QED) is 0.620. The third kappa shape index (κ3) is 5.48. The predicted octanol–water partition coefficient (Wildman–Crippen LogP) is 2.56. The van der Waals surface area contributed by atoms with Crippen LogP contribution < -0.4 is 0 Å². The number of benzene rings is 1. The maximum Gasteiger partial charge on any atom is 0.306 e. The van der Waals surface area contributed by atoms with E-state index >= 15 is 0 Å². The highest BCUT2D eigenvalue weighted by atomic mass is 16.5. The van der Waals surface area contributed by atoms with E-state index in [1.165, 1.54) is 0 Å². The average Bonchev–Trinajstić information content (AvgIpc) is 2.40. The van der Waals surface area contributed by atoms with Gasteiger partial charge in [0.2, 0.25) is 0 Å². The minimum absolute atomic E-state index is 0.0959. The Morgan fingerprint density at radius 1 is 1.39 bits per heavy atom. The molecule has 0 aliphatic rings. The van der Waals surface area contributed by atoms with Crippen LogP contribution in [0.15, 0.2) is 41.6 Å². The van der Waals surface area contributed by atoms with Gasteiger partial charge in [0, 0.05) is 12.0 Å². The molecule has 0 fully saturated rings. The summed E-state index contributed by atoms with van der Waals surface area (Å²) in [7, 11) is 0. The monoisotopic (exact) mass is 246 g/mol. The molecule has 96 valence electrons. The first-order valence-electron chi connectivity index (χ1n) is 6.02. The van der Waals surface area contributed by atoms with Gasteiger partial charge in [-0.25, -0.2) is 0 Å². The minimum atomic E-state index is -0.245. The fourth-order valence-corrected chi connectivity index (χ4v) is 1.31. The second-order valence-corrected chi connectivity index (χ2v) is 3.87. The van der Waals surface area contributed by atoms with Crippen LogP contribution in [-0.4, -0.2) is 24.3 Å². The van der Waals surface area contributed by atoms with Crippen molar-refractivity contribution in [2.75, 3.05) is 13.2 Å². The number of hydrogen-bond acceptors (Lipinski definition) is 3. The molecule has 3 heteroatoms. The normalized spacial score (nSPS) is 9.44. The first kappa shape index (κ1) is 14.2. The Morgan fingerprint density at radius 3 is 2.72 bits per heavy atom. The summed E-state index contributed by atoms with van der Waals surface area (Å²) in [4.78, 5) is 11.2. The van der Waals surface area contributed by atoms with Gasteiger partial charge in [-0.05, 0) is 18.1 Å². The molecule has 0 unspecified atom stereocenters. The molecule has 18 heavy (non-hydrogen) atoms. The molecule has 1 rings (SSSR count). The Balaban J connectivity index is 2.60. The summed E-state index contributed by atoms with van der Waals surface area (Å²) in [5, 5.41) is 9.14. The molecule has 1 aromatic carbocycles. The highest BCUT2D eigenvalue weighted by Gasteiger charge is 2.02. The molecule has 0 amide bonds. The van der Waals surface area contributed by atoms with Crippen molar-refractivity contribution in [2.45, 2.75) is 19.8 Å². The minimum Gasteiger partial charge on any atom is -0.460 e. The maximum absolute atomic E-state index is 11.2. The fraction of sp³-hybridized carbons (Fsp3) is 0.333. The van der Waals surface area contributed by atoms with Gasteiger partial charge >= 0.3 is 5.97 Å². The van der Waals surface area contributed by atoms with Crippen LogP contribution >= 0.6 is 0 Å². The zero-order valence-electron chi connectivity index (χ0n) is 10.6. The molecular formula is C15H18O3. The van der Waals surface area contributed by atoms with Gasteiger partial charge in [-0.15, -0.1) is 5.73 Å². The van der Waals surface area contributed by atoms with Gasteiger partial charge < -0.3 is 9.84 Å². The van der Waals surface area contributed by atoms with E-state index in [4.69, 9.17) is 9.84 Å². The second-order valence-electron chi connectivity index (χ2n) is 3.87. The number of esters is 1. The largest absolute Gasteiger partial charge is 0.460 e. The average molecular weight is 246 g/mol. The van der Waals surface area contributed by atoms with E-state index in [0.717, 1.165) is 12.0 Å². The lowest BCUT2D eigenvalue weighted by atomic mass is 10.2. The van der Waals surface area contributed by atoms with Gasteiger partial charge in [0.25, 0.3) is 0 Å². The lowest BCUT2D eigenvalue weighted by Crippen LogP contribution is -2.08. The van der Waals surface area contributed by atoms with Gasteiger partial charge in [-0.3, -0.25) is 4.79 Å². The van der Waals surface area contributed by atoms with Crippen molar-refractivity contribution in [3.8, 4) is 0 Å². The molecule has 0 atom stereocenters. The molecule has 0 heterocycles. The SMILES string of the molecule is CCCC(=O)OCC(=C=Cc1ccccc1)CO. The Bertz CT molecular complexity index is 428. The van der Waals surface area contributed by atoms with Crippen LogP contribution in [0.3, 0.4) is 0 Å². The molecule has 1 aromatic rings. The molecule has 0 bridgehead atoms. The van der Waals surface area contributed by atoms with E-state index in [0.29, 0.717) is 12.0 Å². The van der Waals surface area contributed by atoms with Crippen molar-refractivity contribution < 1.29 is 14.6 Å². The highest BCUT2D eigenvalue weighted by Crippen LogP contribution is 2.02. The molecular weight excluding hydrogens is 228 g/mol. The standard InChI is InChI=1S/C15H18O3/c1-2-6-15(17)18-12-14(11-16)10-9-13-7-4-3-5-8-13/h3-5,7-9,16H,2,6,11-12H2,1H3. The first-order valence-corrected chi connectivity index (χ1v) is 6.02. The van der Waals surface area contributed by atoms with Gasteiger partial charge in [0.05, 0.1) is 6.61 Å². The molecule has 0 aliphatic heterocycles. The number of carbonyl (C=O) groups excluding carboxylic acids is 1. The molecule has 3 nitrogen and oxygen atoms in total. The van der Waals surface area contributed by atoms with E-state index in [-0.39, 0.29) is 19.2 Å². The van der Waals surface area contributed by atoms with Gasteiger partial charge in [0.1, 0.15) is 6.61 Å². The van der Waals surface area contributed by atoms with Gasteiger partial charge in [-0.2, -0.15) is 0 Å². The van der Waals surface area contributed by atoms with Gasteiger partial charge in [0.15, 0.2) is 0 Å². The van der Waals surface area contributed by atoms with Crippen molar-refractivity contribution in [3.05, 3.63) is 47.2 Å². The van der Waals surface area contributed by atoms with Crippen LogP contribution in [0.2, 0.25) is 0 Å². The topological polar surface area (TPSA) is 46.5 Å². The molecule has 0 aromatic heterocycles. The predicted molar refractivity (Wildman–Crippen MR) is 70.9 cm³/mol. The van der Waals surface area contributed by atoms with Crippen LogP contribution in [-0.2, 0) is 9.53 Å². The number of hydrogen-bond donors (Lipinski definition) is 1. The lowest BCUT2D eigenvalue weighted by molar-refractivity contribution is -0.142. The van der Waals surface area contributed by atoms with Crippen LogP contribution in [0, 0.1) is 0 Å². The van der Waals surface area contributed by atoms with Crippen molar-refractivity contribution in [1.29, 1.82) is 0 Å². The summed E-state index contributed by atoms with van der Waals surface area (Å²) in [6.07, 6.45) is 2.93. The molecule has 0 aliphatic carbocycles. The van der Waals surface area contributed by atoms with Crippen molar-refractivity contribution in [3.63, 3.8) is 0 Å². The number of rotatable bonds is 6. The van der Waals surface area contributed by atoms with E-state index < -0.39 is 0 Å². The van der Waals surface area contributed by atoms with E-state index in [1.807, 2.05) is 37.3 Å². The van der Waals surface area contributed by atoms with Gasteiger partial charge in [-0.1, -0.05) is 37.3 Å². The number of aliphatic hydroxyl groups is 1. The molecule has 1 N–H and O–H groups in total. The number of aliphatic hydroxyl groups excluding tert-OH is 1. The zero-order chi connectivity index (χ0) is 13.2. The first-order chi connectivity index (χ1) is 8.76. The Labute approximate surface area is 107 Å². The molecule has 0 radical (unpaired) electrons. The fourth-order valence-electron chi connectivity index (χ4n) is 1.31. The van der Waals surface area contributed by atoms with Crippen LogP contribution in [0.1, 0.15) is 25.3 Å². The van der Waals surface area contributed by atoms with Crippen molar-refractivity contribution in [1.82, 2.24) is 0 Å². The van der Waals surface area contributed by atoms with Crippen molar-refractivity contribution in [2.24, 2.45) is 0 Å². The van der Waals surface area contributed by atoms with E-state index in [1.54, 1.807) is 6.08 Å². The molecule has 0 spiro atoms. The Hall–Kier alpha value is -1.83. The van der Waals surface area contributed by atoms with E-state index in [9.17, 15) is 4.79 Å². The Morgan fingerprint density at radius 2 is 2.11 bits per heavy atom. The van der Waals surface area contributed by atoms with Crippen LogP contribution in [0.5, 0.6) is 0 Å². The third-order valence-electron chi connectivity index (χ3n) is 2.29. The van der Waals surface area contributed by atoms with Crippen LogP contribution in [0.25, 0.3) is 6.08 Å². The second kappa shape index (κ2) is 8.29. The van der Waals surface area contributed by atoms with Crippen LogP contribution in [0.4, 0.5) is 0 Å². The summed E-state index contributed by atoms with van der Waals surface area (Å²) >= 11 is 0. The summed E-state index contributed by atoms with van der Waals surface area (Å²) in [5.74, 6) is -0.245. The summed E-state index contributed by atoms with van der Waals surface area (Å²) in [5.41, 5.74) is 4.50. The summed E-state index contributed by atoms with van der Waals surface area (Å²) in [6.45, 7) is 1.85. The third-order valence-corrected chi connectivity index (χ3v) is 2.29. The van der Waals surface area contributed by atoms with E-state index in [2.05, 4.69) is 5.73 Å². The zero-order valence-corrected chi connectivity index (χ0v) is 10.6. The molecule has 0 saturated heterocycles. The highest BCUT2D eigenvalue weighted by molar-refractivity contribution is 5.69. The summed E-state index contributed by atoms with van der Waals surface area (Å²) in [6, 6.07) is 9.65. The number of ether oxygens (including phenoxy) is 1. The smallest absolute Gasteiger partial charge is 0.306 e. The van der Waals surface area contributed by atoms with Crippen molar-refractivity contribution >= 4 is 12.0 Å².